The number of ketones is 1. The van der Waals surface area contributed by atoms with Crippen molar-refractivity contribution < 1.29 is 41.6 Å². The molecular formula is C17H15F4N3O6. The van der Waals surface area contributed by atoms with Crippen LogP contribution >= 0.6 is 0 Å². The zero-order valence-electron chi connectivity index (χ0n) is 15.1. The van der Waals surface area contributed by atoms with Crippen molar-refractivity contribution in [2.24, 2.45) is 0 Å². The predicted molar refractivity (Wildman–Crippen MR) is 92.6 cm³/mol. The van der Waals surface area contributed by atoms with Crippen LogP contribution in [0.5, 0.6) is 0 Å². The molecule has 0 spiro atoms. The van der Waals surface area contributed by atoms with Gasteiger partial charge in [0.05, 0.1) is 10.6 Å². The van der Waals surface area contributed by atoms with E-state index in [2.05, 4.69) is 0 Å². The van der Waals surface area contributed by atoms with E-state index in [0.717, 1.165) is 24.4 Å². The average molecular weight is 433 g/mol. The Kier molecular flexibility index (Phi) is 7.08. The van der Waals surface area contributed by atoms with Crippen LogP contribution in [-0.4, -0.2) is 52.9 Å². The number of esters is 1. The first-order chi connectivity index (χ1) is 14.0. The summed E-state index contributed by atoms with van der Waals surface area (Å²) in [5.74, 6) is -4.93. The molecule has 0 aromatic heterocycles. The lowest BCUT2D eigenvalue weighted by Crippen LogP contribution is -2.35. The van der Waals surface area contributed by atoms with Crippen LogP contribution in [0.3, 0.4) is 0 Å². The summed E-state index contributed by atoms with van der Waals surface area (Å²) >= 11 is 0. The molecule has 0 aliphatic carbocycles. The minimum Gasteiger partial charge on any atom is -0.454 e. The Morgan fingerprint density at radius 2 is 2.03 bits per heavy atom. The zero-order chi connectivity index (χ0) is 22.5. The molecule has 0 saturated carbocycles. The van der Waals surface area contributed by atoms with Gasteiger partial charge in [-0.3, -0.25) is 19.7 Å². The van der Waals surface area contributed by atoms with E-state index in [1.165, 1.54) is 4.90 Å². The van der Waals surface area contributed by atoms with Crippen molar-refractivity contribution in [3.63, 3.8) is 0 Å². The van der Waals surface area contributed by atoms with Crippen molar-refractivity contribution in [3.05, 3.63) is 46.4 Å². The molecule has 1 fully saturated rings. The van der Waals surface area contributed by atoms with Gasteiger partial charge in [-0.05, 0) is 18.9 Å². The Bertz CT molecular complexity index is 887. The maximum absolute atomic E-state index is 13.7. The molecule has 1 aliphatic rings. The lowest BCUT2D eigenvalue weighted by molar-refractivity contribution is -0.384. The van der Waals surface area contributed by atoms with E-state index in [0.29, 0.717) is 12.5 Å². The lowest BCUT2D eigenvalue weighted by atomic mass is 10.2. The second kappa shape index (κ2) is 9.33. The SMILES string of the molecule is O=C(COC(=O)C1CCCN1C=CC(=O)C(F)(F)F)Nc1cc([N+](=O)[O-])ccc1F. The number of ether oxygens (including phenoxy) is 1. The Balaban J connectivity index is 1.92. The third-order valence-corrected chi connectivity index (χ3v) is 4.04. The van der Waals surface area contributed by atoms with Gasteiger partial charge in [0.1, 0.15) is 11.9 Å². The number of halogens is 4. The molecule has 1 atom stereocenters. The van der Waals surface area contributed by atoms with Crippen LogP contribution in [0.1, 0.15) is 12.8 Å². The number of nitro groups is 1. The highest BCUT2D eigenvalue weighted by atomic mass is 19.4. The number of nitrogens with zero attached hydrogens (tertiary/aromatic N) is 2. The number of carbonyl (C=O) groups excluding carboxylic acids is 3. The molecule has 162 valence electrons. The van der Waals surface area contributed by atoms with E-state index in [4.69, 9.17) is 4.74 Å². The molecule has 2 rings (SSSR count). The van der Waals surface area contributed by atoms with E-state index < -0.39 is 58.6 Å². The average Bonchev–Trinajstić information content (AvgIpc) is 3.13. The lowest BCUT2D eigenvalue weighted by Gasteiger charge is -2.21. The van der Waals surface area contributed by atoms with Crippen LogP contribution in [0.15, 0.2) is 30.5 Å². The molecule has 13 heteroatoms. The summed E-state index contributed by atoms with van der Waals surface area (Å²) in [5.41, 5.74) is -0.952. The number of likely N-dealkylation sites (tertiary alicyclic amines) is 1. The summed E-state index contributed by atoms with van der Waals surface area (Å²) in [6.45, 7) is -0.650. The topological polar surface area (TPSA) is 119 Å². The number of benzene rings is 1. The summed E-state index contributed by atoms with van der Waals surface area (Å²) < 4.78 is 55.2. The van der Waals surface area contributed by atoms with Gasteiger partial charge in [0.25, 0.3) is 17.4 Å². The van der Waals surface area contributed by atoms with Gasteiger partial charge in [-0.25, -0.2) is 9.18 Å². The molecule has 1 N–H and O–H groups in total. The predicted octanol–water partition coefficient (Wildman–Crippen LogP) is 2.33. The monoisotopic (exact) mass is 433 g/mol. The maximum Gasteiger partial charge on any atom is 0.454 e. The molecule has 30 heavy (non-hydrogen) atoms. The van der Waals surface area contributed by atoms with Crippen molar-refractivity contribution >= 4 is 29.0 Å². The number of hydrogen-bond donors (Lipinski definition) is 1. The van der Waals surface area contributed by atoms with E-state index in [1.807, 2.05) is 5.32 Å². The van der Waals surface area contributed by atoms with Gasteiger partial charge < -0.3 is 15.0 Å². The quantitative estimate of drug-likeness (QED) is 0.230. The molecule has 1 aromatic carbocycles. The van der Waals surface area contributed by atoms with Crippen molar-refractivity contribution in [2.45, 2.75) is 25.1 Å². The highest BCUT2D eigenvalue weighted by molar-refractivity contribution is 5.94. The van der Waals surface area contributed by atoms with Gasteiger partial charge in [0.2, 0.25) is 0 Å². The Labute approximate surface area is 166 Å². The zero-order valence-corrected chi connectivity index (χ0v) is 15.1. The molecule has 0 radical (unpaired) electrons. The Morgan fingerprint density at radius 3 is 2.67 bits per heavy atom. The third-order valence-electron chi connectivity index (χ3n) is 4.04. The van der Waals surface area contributed by atoms with Crippen LogP contribution in [0.2, 0.25) is 0 Å². The van der Waals surface area contributed by atoms with Gasteiger partial charge in [-0.1, -0.05) is 0 Å². The highest BCUT2D eigenvalue weighted by Crippen LogP contribution is 2.22. The number of rotatable bonds is 7. The number of nitrogens with one attached hydrogen (secondary N) is 1. The molecular weight excluding hydrogens is 418 g/mol. The molecule has 0 bridgehead atoms. The van der Waals surface area contributed by atoms with Gasteiger partial charge in [0, 0.05) is 31.0 Å². The number of anilines is 1. The third kappa shape index (κ3) is 5.99. The molecule has 1 aliphatic heterocycles. The smallest absolute Gasteiger partial charge is 0.454 e. The number of hydrogen-bond acceptors (Lipinski definition) is 7. The van der Waals surface area contributed by atoms with Crippen LogP contribution < -0.4 is 5.32 Å². The summed E-state index contributed by atoms with van der Waals surface area (Å²) in [4.78, 5) is 46.0. The summed E-state index contributed by atoms with van der Waals surface area (Å²) in [7, 11) is 0. The van der Waals surface area contributed by atoms with Gasteiger partial charge in [-0.15, -0.1) is 0 Å². The molecule has 9 nitrogen and oxygen atoms in total. The fourth-order valence-corrected chi connectivity index (χ4v) is 2.62. The second-order valence-electron chi connectivity index (χ2n) is 6.15. The molecule has 1 unspecified atom stereocenters. The second-order valence-corrected chi connectivity index (χ2v) is 6.15. The molecule has 1 amide bonds. The summed E-state index contributed by atoms with van der Waals surface area (Å²) in [5, 5.41) is 12.7. The Hall–Kier alpha value is -3.51. The standard InChI is InChI=1S/C17H15F4N3O6/c18-11-4-3-10(24(28)29)8-12(11)22-15(26)9-30-16(27)13-2-1-6-23(13)7-5-14(25)17(19,20)21/h3-5,7-8,13H,1-2,6,9H2,(H,22,26). The molecule has 1 aromatic rings. The number of amides is 1. The first-order valence-corrected chi connectivity index (χ1v) is 8.44. The normalized spacial score (nSPS) is 16.5. The minimum absolute atomic E-state index is 0.201. The van der Waals surface area contributed by atoms with Crippen LogP contribution in [-0.2, 0) is 19.1 Å². The van der Waals surface area contributed by atoms with Crippen molar-refractivity contribution in [3.8, 4) is 0 Å². The number of non-ortho nitro benzene ring substituents is 1. The van der Waals surface area contributed by atoms with Crippen LogP contribution in [0.4, 0.5) is 28.9 Å². The van der Waals surface area contributed by atoms with Gasteiger partial charge in [0.15, 0.2) is 6.61 Å². The summed E-state index contributed by atoms with van der Waals surface area (Å²) in [6, 6.07) is 1.47. The summed E-state index contributed by atoms with van der Waals surface area (Å²) in [6.07, 6.45) is -3.23. The largest absolute Gasteiger partial charge is 0.454 e. The Morgan fingerprint density at radius 1 is 1.33 bits per heavy atom. The van der Waals surface area contributed by atoms with E-state index in [9.17, 15) is 42.1 Å². The van der Waals surface area contributed by atoms with Crippen LogP contribution in [0.25, 0.3) is 0 Å². The van der Waals surface area contributed by atoms with Crippen molar-refractivity contribution in [1.82, 2.24) is 4.90 Å². The van der Waals surface area contributed by atoms with Crippen molar-refractivity contribution in [2.75, 3.05) is 18.5 Å². The van der Waals surface area contributed by atoms with Gasteiger partial charge in [-0.2, -0.15) is 13.2 Å². The minimum atomic E-state index is -5.04. The number of allylic oxidation sites excluding steroid dienone is 1. The number of alkyl halides is 3. The highest BCUT2D eigenvalue weighted by Gasteiger charge is 2.37. The molecule has 1 heterocycles. The van der Waals surface area contributed by atoms with Gasteiger partial charge >= 0.3 is 12.1 Å². The number of nitro benzene ring substituents is 1. The first-order valence-electron chi connectivity index (χ1n) is 8.44. The maximum atomic E-state index is 13.7. The molecule has 1 saturated heterocycles. The fraction of sp³-hybridized carbons (Fsp3) is 0.353. The van der Waals surface area contributed by atoms with E-state index in [1.54, 1.807) is 0 Å². The fourth-order valence-electron chi connectivity index (χ4n) is 2.62. The van der Waals surface area contributed by atoms with Crippen LogP contribution in [0, 0.1) is 15.9 Å². The number of carbonyl (C=O) groups is 3. The van der Waals surface area contributed by atoms with Crippen molar-refractivity contribution in [1.29, 1.82) is 0 Å². The van der Waals surface area contributed by atoms with E-state index >= 15 is 0 Å². The van der Waals surface area contributed by atoms with E-state index in [-0.39, 0.29) is 13.0 Å². The first kappa shape index (κ1) is 22.8.